The van der Waals surface area contributed by atoms with Crippen molar-refractivity contribution in [1.82, 2.24) is 4.98 Å². The van der Waals surface area contributed by atoms with Gasteiger partial charge in [-0.1, -0.05) is 15.9 Å². The first kappa shape index (κ1) is 10.1. The Labute approximate surface area is 103 Å². The number of nitrogens with zero attached hydrogens (tertiary/aromatic N) is 1. The van der Waals surface area contributed by atoms with Crippen LogP contribution in [0.2, 0.25) is 0 Å². The van der Waals surface area contributed by atoms with Gasteiger partial charge in [-0.15, -0.1) is 0 Å². The average molecular weight is 277 g/mol. The van der Waals surface area contributed by atoms with Crippen LogP contribution in [0.5, 0.6) is 0 Å². The van der Waals surface area contributed by atoms with Crippen molar-refractivity contribution in [3.8, 4) is 0 Å². The SMILES string of the molecule is Brc1ccc2nccc(NC3CCC3)c2c1. The van der Waals surface area contributed by atoms with Crippen molar-refractivity contribution in [1.29, 1.82) is 0 Å². The minimum atomic E-state index is 0.657. The zero-order chi connectivity index (χ0) is 11.0. The molecule has 1 aliphatic carbocycles. The summed E-state index contributed by atoms with van der Waals surface area (Å²) < 4.78 is 1.10. The van der Waals surface area contributed by atoms with Crippen LogP contribution < -0.4 is 5.32 Å². The van der Waals surface area contributed by atoms with Gasteiger partial charge in [0.1, 0.15) is 0 Å². The van der Waals surface area contributed by atoms with E-state index in [1.807, 2.05) is 18.3 Å². The number of hydrogen-bond acceptors (Lipinski definition) is 2. The van der Waals surface area contributed by atoms with E-state index in [-0.39, 0.29) is 0 Å². The number of rotatable bonds is 2. The van der Waals surface area contributed by atoms with Crippen LogP contribution in [0.1, 0.15) is 19.3 Å². The van der Waals surface area contributed by atoms with Gasteiger partial charge in [0.15, 0.2) is 0 Å². The number of nitrogens with one attached hydrogen (secondary N) is 1. The molecule has 3 heteroatoms. The van der Waals surface area contributed by atoms with Crippen molar-refractivity contribution in [3.63, 3.8) is 0 Å². The molecule has 16 heavy (non-hydrogen) atoms. The van der Waals surface area contributed by atoms with Gasteiger partial charge < -0.3 is 5.32 Å². The Morgan fingerprint density at radius 3 is 2.88 bits per heavy atom. The van der Waals surface area contributed by atoms with Crippen molar-refractivity contribution in [2.24, 2.45) is 0 Å². The average Bonchev–Trinajstić information content (AvgIpc) is 2.23. The van der Waals surface area contributed by atoms with E-state index in [1.54, 1.807) is 0 Å². The number of aromatic nitrogens is 1. The molecule has 82 valence electrons. The second-order valence-electron chi connectivity index (χ2n) is 4.29. The Bertz CT molecular complexity index is 520. The monoisotopic (exact) mass is 276 g/mol. The number of fused-ring (bicyclic) bond motifs is 1. The standard InChI is InChI=1S/C13H13BrN2/c14-9-4-5-12-11(8-9)13(6-7-15-12)16-10-2-1-3-10/h4-8,10H,1-3H2,(H,15,16). The lowest BCUT2D eigenvalue weighted by atomic mass is 9.93. The lowest BCUT2D eigenvalue weighted by Gasteiger charge is -2.28. The largest absolute Gasteiger partial charge is 0.382 e. The van der Waals surface area contributed by atoms with Gasteiger partial charge in [-0.3, -0.25) is 4.98 Å². The molecule has 2 aromatic rings. The predicted octanol–water partition coefficient (Wildman–Crippen LogP) is 3.96. The molecule has 1 N–H and O–H groups in total. The molecule has 0 amide bonds. The topological polar surface area (TPSA) is 24.9 Å². The van der Waals surface area contributed by atoms with Gasteiger partial charge in [0.25, 0.3) is 0 Å². The first-order valence-corrected chi connectivity index (χ1v) is 6.43. The van der Waals surface area contributed by atoms with E-state index in [1.165, 1.54) is 30.3 Å². The lowest BCUT2D eigenvalue weighted by molar-refractivity contribution is 0.446. The summed E-state index contributed by atoms with van der Waals surface area (Å²) in [5.41, 5.74) is 2.25. The highest BCUT2D eigenvalue weighted by molar-refractivity contribution is 9.10. The van der Waals surface area contributed by atoms with Crippen LogP contribution >= 0.6 is 15.9 Å². The smallest absolute Gasteiger partial charge is 0.0723 e. The zero-order valence-corrected chi connectivity index (χ0v) is 10.5. The van der Waals surface area contributed by atoms with E-state index in [2.05, 4.69) is 38.4 Å². The maximum atomic E-state index is 4.37. The summed E-state index contributed by atoms with van der Waals surface area (Å²) in [7, 11) is 0. The third-order valence-electron chi connectivity index (χ3n) is 3.17. The Kier molecular flexibility index (Phi) is 2.56. The Hall–Kier alpha value is -1.09. The molecule has 1 saturated carbocycles. The summed E-state index contributed by atoms with van der Waals surface area (Å²) in [6, 6.07) is 8.93. The molecule has 1 aromatic heterocycles. The van der Waals surface area contributed by atoms with Crippen molar-refractivity contribution in [2.75, 3.05) is 5.32 Å². The van der Waals surface area contributed by atoms with Gasteiger partial charge >= 0.3 is 0 Å². The van der Waals surface area contributed by atoms with Crippen molar-refractivity contribution in [3.05, 3.63) is 34.9 Å². The van der Waals surface area contributed by atoms with Crippen LogP contribution in [0, 0.1) is 0 Å². The number of hydrogen-bond donors (Lipinski definition) is 1. The molecule has 0 radical (unpaired) electrons. The summed E-state index contributed by atoms with van der Waals surface area (Å²) in [6.07, 6.45) is 5.80. The number of benzene rings is 1. The van der Waals surface area contributed by atoms with Crippen LogP contribution in [-0.2, 0) is 0 Å². The number of halogens is 1. The second-order valence-corrected chi connectivity index (χ2v) is 5.21. The predicted molar refractivity (Wildman–Crippen MR) is 70.7 cm³/mol. The molecule has 0 saturated heterocycles. The summed E-state index contributed by atoms with van der Waals surface area (Å²) in [4.78, 5) is 4.37. The Morgan fingerprint density at radius 2 is 2.12 bits per heavy atom. The van der Waals surface area contributed by atoms with Gasteiger partial charge in [-0.2, -0.15) is 0 Å². The van der Waals surface area contributed by atoms with Crippen LogP contribution in [0.3, 0.4) is 0 Å². The molecule has 0 unspecified atom stereocenters. The normalized spacial score (nSPS) is 16.1. The summed E-state index contributed by atoms with van der Waals surface area (Å²) >= 11 is 3.51. The molecule has 0 aliphatic heterocycles. The Balaban J connectivity index is 2.04. The fraction of sp³-hybridized carbons (Fsp3) is 0.308. The molecule has 0 spiro atoms. The van der Waals surface area contributed by atoms with Crippen LogP contribution in [-0.4, -0.2) is 11.0 Å². The van der Waals surface area contributed by atoms with E-state index in [0.717, 1.165) is 9.99 Å². The molecular formula is C13H13BrN2. The van der Waals surface area contributed by atoms with Crippen LogP contribution in [0.25, 0.3) is 10.9 Å². The van der Waals surface area contributed by atoms with Gasteiger partial charge in [-0.25, -0.2) is 0 Å². The maximum Gasteiger partial charge on any atom is 0.0723 e. The second kappa shape index (κ2) is 4.06. The van der Waals surface area contributed by atoms with Crippen LogP contribution in [0.4, 0.5) is 5.69 Å². The van der Waals surface area contributed by atoms with Crippen LogP contribution in [0.15, 0.2) is 34.9 Å². The zero-order valence-electron chi connectivity index (χ0n) is 8.91. The minimum Gasteiger partial charge on any atom is -0.382 e. The molecule has 0 bridgehead atoms. The fourth-order valence-electron chi connectivity index (χ4n) is 2.02. The first-order chi connectivity index (χ1) is 7.83. The van der Waals surface area contributed by atoms with E-state index >= 15 is 0 Å². The fourth-order valence-corrected chi connectivity index (χ4v) is 2.38. The summed E-state index contributed by atoms with van der Waals surface area (Å²) in [6.45, 7) is 0. The molecule has 1 aliphatic rings. The van der Waals surface area contributed by atoms with E-state index in [0.29, 0.717) is 6.04 Å². The first-order valence-electron chi connectivity index (χ1n) is 5.64. The van der Waals surface area contributed by atoms with E-state index in [4.69, 9.17) is 0 Å². The van der Waals surface area contributed by atoms with Gasteiger partial charge in [0, 0.05) is 27.8 Å². The molecule has 1 fully saturated rings. The number of anilines is 1. The molecule has 3 rings (SSSR count). The van der Waals surface area contributed by atoms with Gasteiger partial charge in [0.2, 0.25) is 0 Å². The molecular weight excluding hydrogens is 264 g/mol. The van der Waals surface area contributed by atoms with Crippen molar-refractivity contribution in [2.45, 2.75) is 25.3 Å². The van der Waals surface area contributed by atoms with Crippen molar-refractivity contribution < 1.29 is 0 Å². The minimum absolute atomic E-state index is 0.657. The highest BCUT2D eigenvalue weighted by Gasteiger charge is 2.17. The van der Waals surface area contributed by atoms with Gasteiger partial charge in [0.05, 0.1) is 5.52 Å². The summed E-state index contributed by atoms with van der Waals surface area (Å²) in [5, 5.41) is 4.79. The highest BCUT2D eigenvalue weighted by Crippen LogP contribution is 2.29. The van der Waals surface area contributed by atoms with E-state index < -0.39 is 0 Å². The molecule has 1 heterocycles. The molecule has 1 aromatic carbocycles. The molecule has 2 nitrogen and oxygen atoms in total. The Morgan fingerprint density at radius 1 is 1.25 bits per heavy atom. The molecule has 0 atom stereocenters. The van der Waals surface area contributed by atoms with Crippen molar-refractivity contribution >= 4 is 32.5 Å². The number of pyridine rings is 1. The lowest BCUT2D eigenvalue weighted by Crippen LogP contribution is -2.27. The third kappa shape index (κ3) is 1.80. The quantitative estimate of drug-likeness (QED) is 0.898. The van der Waals surface area contributed by atoms with E-state index in [9.17, 15) is 0 Å². The summed E-state index contributed by atoms with van der Waals surface area (Å²) in [5.74, 6) is 0. The van der Waals surface area contributed by atoms with Gasteiger partial charge in [-0.05, 0) is 43.5 Å². The third-order valence-corrected chi connectivity index (χ3v) is 3.66. The maximum absolute atomic E-state index is 4.37. The highest BCUT2D eigenvalue weighted by atomic mass is 79.9.